The number of hydrogen-bond acceptors (Lipinski definition) is 7. The molecule has 27 heavy (non-hydrogen) atoms. The third-order valence-corrected chi connectivity index (χ3v) is 3.26. The summed E-state index contributed by atoms with van der Waals surface area (Å²) >= 11 is 0. The van der Waals surface area contributed by atoms with E-state index < -0.39 is 29.2 Å². The lowest BCUT2D eigenvalue weighted by Crippen LogP contribution is -2.18. The molecule has 10 heteroatoms. The van der Waals surface area contributed by atoms with Gasteiger partial charge >= 0.3 is 11.9 Å². The zero-order valence-corrected chi connectivity index (χ0v) is 13.9. The van der Waals surface area contributed by atoms with Crippen molar-refractivity contribution >= 4 is 17.5 Å². The van der Waals surface area contributed by atoms with E-state index in [1.807, 2.05) is 0 Å². The van der Waals surface area contributed by atoms with Crippen molar-refractivity contribution in [3.63, 3.8) is 0 Å². The van der Waals surface area contributed by atoms with E-state index in [1.54, 1.807) is 18.2 Å². The van der Waals surface area contributed by atoms with Gasteiger partial charge in [-0.2, -0.15) is 13.8 Å². The van der Waals surface area contributed by atoms with Crippen molar-refractivity contribution in [1.29, 1.82) is 0 Å². The number of hydrogen-bond donors (Lipinski definition) is 2. The van der Waals surface area contributed by atoms with Gasteiger partial charge in [0.2, 0.25) is 11.7 Å². The summed E-state index contributed by atoms with van der Waals surface area (Å²) in [6.45, 7) is 0.602. The average Bonchev–Trinajstić information content (AvgIpc) is 2.62. The van der Waals surface area contributed by atoms with E-state index in [2.05, 4.69) is 25.3 Å². The van der Waals surface area contributed by atoms with Crippen molar-refractivity contribution in [2.24, 2.45) is 0 Å². The number of ether oxygens (including phenoxy) is 1. The van der Waals surface area contributed by atoms with Crippen molar-refractivity contribution in [1.82, 2.24) is 19.9 Å². The Morgan fingerprint density at radius 3 is 2.41 bits per heavy atom. The van der Waals surface area contributed by atoms with Gasteiger partial charge in [0.25, 0.3) is 0 Å². The Balaban J connectivity index is 2.14. The molecule has 3 aromatic rings. The SMILES string of the molecule is CC(F)(F)c1nc(Nc2cncnc2)c(C(=O)O)c(Oc2ccccc2)n1. The molecule has 2 heterocycles. The zero-order valence-electron chi connectivity index (χ0n) is 13.9. The van der Waals surface area contributed by atoms with Gasteiger partial charge in [0.1, 0.15) is 12.1 Å². The molecule has 0 unspecified atom stereocenters. The predicted molar refractivity (Wildman–Crippen MR) is 90.4 cm³/mol. The number of aromatic carboxylic acids is 1. The Bertz CT molecular complexity index is 887. The highest BCUT2D eigenvalue weighted by atomic mass is 19.3. The number of carboxylic acid groups (broad SMARTS) is 1. The Kier molecular flexibility index (Phi) is 4.88. The van der Waals surface area contributed by atoms with E-state index in [0.717, 1.165) is 0 Å². The maximum absolute atomic E-state index is 13.8. The molecule has 0 spiro atoms. The van der Waals surface area contributed by atoms with Crippen LogP contribution >= 0.6 is 0 Å². The number of anilines is 2. The summed E-state index contributed by atoms with van der Waals surface area (Å²) in [7, 11) is 0. The summed E-state index contributed by atoms with van der Waals surface area (Å²) in [5.74, 6) is -6.41. The van der Waals surface area contributed by atoms with Crippen LogP contribution in [0.1, 0.15) is 23.1 Å². The number of nitrogens with zero attached hydrogens (tertiary/aromatic N) is 4. The van der Waals surface area contributed by atoms with Crippen molar-refractivity contribution in [2.45, 2.75) is 12.8 Å². The van der Waals surface area contributed by atoms with Gasteiger partial charge in [-0.1, -0.05) is 18.2 Å². The lowest BCUT2D eigenvalue weighted by atomic mass is 10.2. The highest BCUT2D eigenvalue weighted by molar-refractivity contribution is 5.96. The van der Waals surface area contributed by atoms with Crippen LogP contribution in [0.15, 0.2) is 49.1 Å². The first kappa shape index (κ1) is 18.1. The van der Waals surface area contributed by atoms with Gasteiger partial charge in [-0.25, -0.2) is 19.7 Å². The molecule has 0 bridgehead atoms. The van der Waals surface area contributed by atoms with Crippen LogP contribution in [0.3, 0.4) is 0 Å². The maximum Gasteiger partial charge on any atom is 0.345 e. The van der Waals surface area contributed by atoms with Crippen molar-refractivity contribution in [2.75, 3.05) is 5.32 Å². The first-order chi connectivity index (χ1) is 12.8. The molecule has 3 rings (SSSR count). The minimum Gasteiger partial charge on any atom is -0.477 e. The fraction of sp³-hybridized carbons (Fsp3) is 0.118. The van der Waals surface area contributed by atoms with Gasteiger partial charge in [0, 0.05) is 6.92 Å². The number of halogens is 2. The molecule has 0 amide bonds. The fourth-order valence-electron chi connectivity index (χ4n) is 2.09. The molecule has 1 aromatic carbocycles. The molecule has 2 aromatic heterocycles. The number of carboxylic acids is 1. The number of alkyl halides is 2. The summed E-state index contributed by atoms with van der Waals surface area (Å²) in [5, 5.41) is 12.2. The van der Waals surface area contributed by atoms with Gasteiger partial charge in [-0.15, -0.1) is 0 Å². The van der Waals surface area contributed by atoms with Gasteiger partial charge < -0.3 is 15.2 Å². The molecule has 0 aliphatic carbocycles. The Morgan fingerprint density at radius 1 is 1.15 bits per heavy atom. The molecule has 138 valence electrons. The summed E-state index contributed by atoms with van der Waals surface area (Å²) < 4.78 is 33.1. The minimum absolute atomic E-state index is 0.234. The minimum atomic E-state index is -3.42. The predicted octanol–water partition coefficient (Wildman–Crippen LogP) is 3.61. The molecule has 0 fully saturated rings. The molecule has 0 radical (unpaired) electrons. The molecule has 8 nitrogen and oxygen atoms in total. The molecular formula is C17H13F2N5O3. The number of rotatable bonds is 6. The van der Waals surface area contributed by atoms with Crippen LogP contribution in [-0.2, 0) is 5.92 Å². The molecule has 0 atom stereocenters. The van der Waals surface area contributed by atoms with Crippen molar-refractivity contribution in [3.05, 3.63) is 60.4 Å². The van der Waals surface area contributed by atoms with Crippen LogP contribution in [-0.4, -0.2) is 31.0 Å². The third kappa shape index (κ3) is 4.29. The van der Waals surface area contributed by atoms with Crippen LogP contribution < -0.4 is 10.1 Å². The lowest BCUT2D eigenvalue weighted by Gasteiger charge is -2.16. The smallest absolute Gasteiger partial charge is 0.345 e. The van der Waals surface area contributed by atoms with Gasteiger partial charge in [-0.05, 0) is 12.1 Å². The highest BCUT2D eigenvalue weighted by Crippen LogP contribution is 2.33. The van der Waals surface area contributed by atoms with Crippen LogP contribution in [0.5, 0.6) is 11.6 Å². The van der Waals surface area contributed by atoms with Crippen LogP contribution in [0, 0.1) is 0 Å². The standard InChI is InChI=1S/C17H13F2N5O3/c1-17(18,19)16-23-13(22-10-7-20-9-21-8-10)12(15(25)26)14(24-16)27-11-5-3-2-4-6-11/h2-9H,1H3,(H,25,26)(H,22,23,24). The maximum atomic E-state index is 13.8. The fourth-order valence-corrected chi connectivity index (χ4v) is 2.09. The second kappa shape index (κ2) is 7.28. The summed E-state index contributed by atoms with van der Waals surface area (Å²) in [6.07, 6.45) is 3.93. The molecule has 2 N–H and O–H groups in total. The average molecular weight is 373 g/mol. The molecule has 0 saturated heterocycles. The largest absolute Gasteiger partial charge is 0.477 e. The topological polar surface area (TPSA) is 110 Å². The van der Waals surface area contributed by atoms with E-state index in [1.165, 1.54) is 30.9 Å². The molecule has 0 saturated carbocycles. The second-order valence-corrected chi connectivity index (χ2v) is 5.44. The van der Waals surface area contributed by atoms with E-state index in [0.29, 0.717) is 6.92 Å². The van der Waals surface area contributed by atoms with E-state index in [9.17, 15) is 18.7 Å². The lowest BCUT2D eigenvalue weighted by molar-refractivity contribution is 0.00717. The van der Waals surface area contributed by atoms with Gasteiger partial charge in [-0.3, -0.25) is 0 Å². The first-order valence-corrected chi connectivity index (χ1v) is 7.63. The number of carbonyl (C=O) groups is 1. The normalized spacial score (nSPS) is 11.1. The monoisotopic (exact) mass is 373 g/mol. The number of aromatic nitrogens is 4. The number of nitrogens with one attached hydrogen (secondary N) is 1. The molecule has 0 aliphatic heterocycles. The van der Waals surface area contributed by atoms with E-state index >= 15 is 0 Å². The van der Waals surface area contributed by atoms with Crippen LogP contribution in [0.4, 0.5) is 20.3 Å². The quantitative estimate of drug-likeness (QED) is 0.674. The number of para-hydroxylation sites is 1. The first-order valence-electron chi connectivity index (χ1n) is 7.63. The van der Waals surface area contributed by atoms with Gasteiger partial charge in [0.05, 0.1) is 18.1 Å². The van der Waals surface area contributed by atoms with Crippen molar-refractivity contribution in [3.8, 4) is 11.6 Å². The van der Waals surface area contributed by atoms with Crippen molar-refractivity contribution < 1.29 is 23.4 Å². The summed E-state index contributed by atoms with van der Waals surface area (Å²) in [6, 6.07) is 8.09. The Labute approximate surface area is 151 Å². The summed E-state index contributed by atoms with van der Waals surface area (Å²) in [5.41, 5.74) is -0.245. The van der Waals surface area contributed by atoms with E-state index in [-0.39, 0.29) is 17.3 Å². The molecular weight excluding hydrogens is 360 g/mol. The van der Waals surface area contributed by atoms with Gasteiger partial charge in [0.15, 0.2) is 11.4 Å². The number of benzene rings is 1. The zero-order chi connectivity index (χ0) is 19.4. The van der Waals surface area contributed by atoms with Crippen LogP contribution in [0.25, 0.3) is 0 Å². The Morgan fingerprint density at radius 2 is 1.81 bits per heavy atom. The third-order valence-electron chi connectivity index (χ3n) is 3.26. The van der Waals surface area contributed by atoms with Crippen LogP contribution in [0.2, 0.25) is 0 Å². The molecule has 0 aliphatic rings. The Hall–Kier alpha value is -3.69. The highest BCUT2D eigenvalue weighted by Gasteiger charge is 2.33. The van der Waals surface area contributed by atoms with E-state index in [4.69, 9.17) is 4.74 Å². The summed E-state index contributed by atoms with van der Waals surface area (Å²) in [4.78, 5) is 26.6. The second-order valence-electron chi connectivity index (χ2n) is 5.44.